The molecule has 11 aromatic rings. The number of rotatable bonds is 7. The van der Waals surface area contributed by atoms with Gasteiger partial charge < -0.3 is 4.42 Å². The molecule has 4 nitrogen and oxygen atoms in total. The molecule has 0 radical (unpaired) electrons. The van der Waals surface area contributed by atoms with E-state index in [9.17, 15) is 0 Å². The fraction of sp³-hybridized carbons (Fsp3) is 0.0185. The molecule has 0 amide bonds. The highest BCUT2D eigenvalue weighted by Crippen LogP contribution is 2.40. The van der Waals surface area contributed by atoms with Gasteiger partial charge in [0.1, 0.15) is 5.58 Å². The maximum atomic E-state index is 6.25. The summed E-state index contributed by atoms with van der Waals surface area (Å²) >= 11 is 0. The molecule has 8 aromatic carbocycles. The van der Waals surface area contributed by atoms with Crippen molar-refractivity contribution in [2.45, 2.75) is 6.92 Å². The molecule has 0 spiro atoms. The highest BCUT2D eigenvalue weighted by molar-refractivity contribution is 6.25. The van der Waals surface area contributed by atoms with E-state index in [0.717, 1.165) is 83.0 Å². The van der Waals surface area contributed by atoms with Gasteiger partial charge in [0.25, 0.3) is 0 Å². The van der Waals surface area contributed by atoms with Crippen LogP contribution in [0, 0.1) is 0 Å². The summed E-state index contributed by atoms with van der Waals surface area (Å²) in [6.45, 7) is 6.36. The fourth-order valence-electron chi connectivity index (χ4n) is 8.52. The summed E-state index contributed by atoms with van der Waals surface area (Å²) in [5.41, 5.74) is 10.3. The molecule has 3 aromatic heterocycles. The van der Waals surface area contributed by atoms with Crippen molar-refractivity contribution in [1.29, 1.82) is 0 Å². The Hall–Kier alpha value is -7.69. The van der Waals surface area contributed by atoms with E-state index < -0.39 is 0 Å². The van der Waals surface area contributed by atoms with Crippen molar-refractivity contribution in [1.82, 2.24) is 15.0 Å². The lowest BCUT2D eigenvalue weighted by Gasteiger charge is -2.15. The van der Waals surface area contributed by atoms with Crippen LogP contribution in [0.15, 0.2) is 193 Å². The van der Waals surface area contributed by atoms with Crippen molar-refractivity contribution in [3.63, 3.8) is 0 Å². The summed E-state index contributed by atoms with van der Waals surface area (Å²) in [5.74, 6) is 0.681. The molecule has 0 aliphatic heterocycles. The van der Waals surface area contributed by atoms with Crippen LogP contribution in [0.4, 0.5) is 0 Å². The number of pyridine rings is 1. The van der Waals surface area contributed by atoms with Gasteiger partial charge in [-0.1, -0.05) is 170 Å². The minimum absolute atomic E-state index is 0.652. The normalized spacial score (nSPS) is 12.5. The largest absolute Gasteiger partial charge is 0.438 e. The zero-order valence-corrected chi connectivity index (χ0v) is 31.8. The fourth-order valence-corrected chi connectivity index (χ4v) is 8.52. The Kier molecular flexibility index (Phi) is 7.83. The van der Waals surface area contributed by atoms with Crippen LogP contribution in [0.25, 0.3) is 110 Å². The topological polar surface area (TPSA) is 51.8 Å². The summed E-state index contributed by atoms with van der Waals surface area (Å²) < 4.78 is 6.25. The predicted octanol–water partition coefficient (Wildman–Crippen LogP) is 14.5. The van der Waals surface area contributed by atoms with Gasteiger partial charge in [0, 0.05) is 27.5 Å². The van der Waals surface area contributed by atoms with E-state index in [-0.39, 0.29) is 0 Å². The average molecular weight is 742 g/mol. The van der Waals surface area contributed by atoms with Gasteiger partial charge in [-0.2, -0.15) is 0 Å². The van der Waals surface area contributed by atoms with Crippen molar-refractivity contribution >= 4 is 76.3 Å². The average Bonchev–Trinajstić information content (AvgIpc) is 3.67. The van der Waals surface area contributed by atoms with Crippen LogP contribution in [0.5, 0.6) is 0 Å². The SMILES string of the molecule is C=C/C(=C\C=C(/C)c1ccc(-c2nc3oc4ccccc4c3c3ccccc23)cc1)c1cc(-c2ccccc2)nc(-c2ccc3ccc4cccc5ccc2c3c45)n1. The number of furan rings is 1. The molecule has 0 atom stereocenters. The molecular formula is C54H35N3O. The smallest absolute Gasteiger partial charge is 0.228 e. The van der Waals surface area contributed by atoms with Crippen molar-refractivity contribution in [3.8, 4) is 33.9 Å². The highest BCUT2D eigenvalue weighted by Gasteiger charge is 2.18. The quantitative estimate of drug-likeness (QED) is 0.121. The van der Waals surface area contributed by atoms with Gasteiger partial charge in [-0.15, -0.1) is 0 Å². The monoisotopic (exact) mass is 741 g/mol. The molecule has 272 valence electrons. The second-order valence-electron chi connectivity index (χ2n) is 14.8. The van der Waals surface area contributed by atoms with Crippen molar-refractivity contribution in [3.05, 3.63) is 200 Å². The molecule has 0 saturated heterocycles. The number of benzene rings is 8. The van der Waals surface area contributed by atoms with E-state index in [1.807, 2.05) is 42.5 Å². The van der Waals surface area contributed by atoms with E-state index in [2.05, 4.69) is 153 Å². The number of fused-ring (bicyclic) bond motifs is 5. The van der Waals surface area contributed by atoms with E-state index in [0.29, 0.717) is 11.5 Å². The van der Waals surface area contributed by atoms with E-state index in [4.69, 9.17) is 19.4 Å². The summed E-state index contributed by atoms with van der Waals surface area (Å²) in [4.78, 5) is 15.5. The van der Waals surface area contributed by atoms with Crippen molar-refractivity contribution < 1.29 is 4.42 Å². The summed E-state index contributed by atoms with van der Waals surface area (Å²) in [6.07, 6.45) is 6.12. The number of hydrogen-bond acceptors (Lipinski definition) is 4. The highest BCUT2D eigenvalue weighted by atomic mass is 16.3. The zero-order valence-electron chi connectivity index (χ0n) is 31.8. The number of para-hydroxylation sites is 1. The third-order valence-electron chi connectivity index (χ3n) is 11.4. The lowest BCUT2D eigenvalue weighted by Crippen LogP contribution is -1.98. The minimum Gasteiger partial charge on any atom is -0.438 e. The second kappa shape index (κ2) is 13.5. The standard InChI is InChI=1S/C54H35N3O/c1-3-34(21-20-33(2)35-22-26-40(27-23-35)52-43-17-8-7-16-41(43)51-45-18-9-10-19-48(45)58-54(51)57-52)46-32-47(36-12-5-4-6-13-36)56-53(55-46)44-31-29-39-25-24-37-14-11-15-38-28-30-42(44)50(39)49(37)38/h3-32H,1H2,2H3/b33-20+,34-21+. The van der Waals surface area contributed by atoms with Gasteiger partial charge in [0.2, 0.25) is 5.71 Å². The molecule has 58 heavy (non-hydrogen) atoms. The van der Waals surface area contributed by atoms with E-state index in [1.54, 1.807) is 0 Å². The van der Waals surface area contributed by atoms with Crippen LogP contribution in [-0.2, 0) is 0 Å². The van der Waals surface area contributed by atoms with Crippen LogP contribution in [0.3, 0.4) is 0 Å². The first-order chi connectivity index (χ1) is 28.6. The Balaban J connectivity index is 0.982. The third-order valence-corrected chi connectivity index (χ3v) is 11.4. The second-order valence-corrected chi connectivity index (χ2v) is 14.8. The molecule has 0 bridgehead atoms. The Labute approximate surface area is 335 Å². The van der Waals surface area contributed by atoms with Gasteiger partial charge in [-0.25, -0.2) is 15.0 Å². The van der Waals surface area contributed by atoms with Crippen molar-refractivity contribution in [2.24, 2.45) is 0 Å². The van der Waals surface area contributed by atoms with Crippen molar-refractivity contribution in [2.75, 3.05) is 0 Å². The molecule has 0 aliphatic carbocycles. The molecular weight excluding hydrogens is 707 g/mol. The van der Waals surface area contributed by atoms with Gasteiger partial charge in [-0.05, 0) is 79.5 Å². The number of nitrogens with zero attached hydrogens (tertiary/aromatic N) is 3. The first-order valence-electron chi connectivity index (χ1n) is 19.5. The number of hydrogen-bond donors (Lipinski definition) is 0. The molecule has 0 fully saturated rings. The Morgan fingerprint density at radius 1 is 0.534 bits per heavy atom. The number of aromatic nitrogens is 3. The maximum absolute atomic E-state index is 6.25. The summed E-state index contributed by atoms with van der Waals surface area (Å²) in [7, 11) is 0. The molecule has 0 aliphatic rings. The minimum atomic E-state index is 0.652. The molecule has 4 heteroatoms. The van der Waals surface area contributed by atoms with Crippen LogP contribution in [0.1, 0.15) is 18.2 Å². The first-order valence-corrected chi connectivity index (χ1v) is 19.5. The van der Waals surface area contributed by atoms with Gasteiger partial charge in [0.15, 0.2) is 5.82 Å². The van der Waals surface area contributed by atoms with Gasteiger partial charge in [0.05, 0.1) is 22.5 Å². The van der Waals surface area contributed by atoms with Gasteiger partial charge >= 0.3 is 0 Å². The molecule has 0 N–H and O–H groups in total. The maximum Gasteiger partial charge on any atom is 0.228 e. The van der Waals surface area contributed by atoms with Crippen LogP contribution < -0.4 is 0 Å². The van der Waals surface area contributed by atoms with Gasteiger partial charge in [-0.3, -0.25) is 0 Å². The first kappa shape index (κ1) is 33.6. The Morgan fingerprint density at radius 2 is 1.22 bits per heavy atom. The Morgan fingerprint density at radius 3 is 2.02 bits per heavy atom. The summed E-state index contributed by atoms with van der Waals surface area (Å²) in [5, 5.41) is 11.7. The van der Waals surface area contributed by atoms with Crippen LogP contribution >= 0.6 is 0 Å². The lowest BCUT2D eigenvalue weighted by molar-refractivity contribution is 0.655. The molecule has 3 heterocycles. The molecule has 0 saturated carbocycles. The third kappa shape index (κ3) is 5.49. The van der Waals surface area contributed by atoms with E-state index >= 15 is 0 Å². The molecule has 11 rings (SSSR count). The van der Waals surface area contributed by atoms with E-state index in [1.165, 1.54) is 26.9 Å². The lowest BCUT2D eigenvalue weighted by atomic mass is 9.91. The Bertz CT molecular complexity index is 3450. The summed E-state index contributed by atoms with van der Waals surface area (Å²) in [6, 6.07) is 57.3. The zero-order chi connectivity index (χ0) is 38.7. The predicted molar refractivity (Wildman–Crippen MR) is 243 cm³/mol. The van der Waals surface area contributed by atoms with Crippen LogP contribution in [0.2, 0.25) is 0 Å². The molecule has 0 unspecified atom stereocenters. The number of allylic oxidation sites excluding steroid dienone is 5. The van der Waals surface area contributed by atoms with Crippen LogP contribution in [-0.4, -0.2) is 15.0 Å².